The van der Waals surface area contributed by atoms with Crippen LogP contribution in [0.4, 0.5) is 0 Å². The second-order valence-corrected chi connectivity index (χ2v) is 9.86. The number of ether oxygens (including phenoxy) is 6. The van der Waals surface area contributed by atoms with E-state index in [0.717, 1.165) is 11.1 Å². The van der Waals surface area contributed by atoms with Crippen molar-refractivity contribution in [3.63, 3.8) is 0 Å². The lowest BCUT2D eigenvalue weighted by Crippen LogP contribution is -2.18. The number of rotatable bonds is 8. The Morgan fingerprint density at radius 3 is 1.33 bits per heavy atom. The number of methoxy groups -OCH3 is 6. The molecule has 2 aromatic carbocycles. The van der Waals surface area contributed by atoms with Gasteiger partial charge in [0.25, 0.3) is 0 Å². The van der Waals surface area contributed by atoms with Crippen molar-refractivity contribution >= 4 is 49.8 Å². The average Bonchev–Trinajstić information content (AvgIpc) is 2.87. The summed E-state index contributed by atoms with van der Waals surface area (Å²) in [5.74, 6) is 3.22. The summed E-state index contributed by atoms with van der Waals surface area (Å²) in [6.07, 6.45) is 5.06. The van der Waals surface area contributed by atoms with Gasteiger partial charge in [-0.2, -0.15) is 0 Å². The second kappa shape index (κ2) is 12.1. The molecule has 0 atom stereocenters. The fraction of sp³-hybridized carbons (Fsp3) is 0.370. The molecule has 0 aliphatic heterocycles. The van der Waals surface area contributed by atoms with E-state index in [-0.39, 0.29) is 11.7 Å². The summed E-state index contributed by atoms with van der Waals surface area (Å²) in [4.78, 5) is 13.6. The van der Waals surface area contributed by atoms with Crippen LogP contribution in [0.1, 0.15) is 30.9 Å². The van der Waals surface area contributed by atoms with Crippen LogP contribution in [-0.2, 0) is 4.79 Å². The van der Waals surface area contributed by atoms with Gasteiger partial charge in [-0.3, -0.25) is 4.79 Å². The van der Waals surface area contributed by atoms with E-state index in [9.17, 15) is 4.79 Å². The third-order valence-corrected chi connectivity index (χ3v) is 7.61. The van der Waals surface area contributed by atoms with E-state index >= 15 is 0 Å². The highest BCUT2D eigenvalue weighted by Gasteiger charge is 2.28. The highest BCUT2D eigenvalue weighted by molar-refractivity contribution is 9.11. The van der Waals surface area contributed by atoms with Crippen molar-refractivity contribution in [1.82, 2.24) is 0 Å². The Morgan fingerprint density at radius 2 is 1.03 bits per heavy atom. The first kappa shape index (κ1) is 27.9. The molecule has 7 nitrogen and oxygen atoms in total. The van der Waals surface area contributed by atoms with Crippen LogP contribution < -0.4 is 28.4 Å². The van der Waals surface area contributed by atoms with Crippen molar-refractivity contribution < 1.29 is 33.2 Å². The quantitative estimate of drug-likeness (QED) is 0.301. The van der Waals surface area contributed by atoms with Crippen LogP contribution in [-0.4, -0.2) is 48.4 Å². The third-order valence-electron chi connectivity index (χ3n) is 5.97. The van der Waals surface area contributed by atoms with Crippen molar-refractivity contribution in [3.05, 3.63) is 43.4 Å². The molecule has 0 N–H and O–H groups in total. The molecular weight excluding hydrogens is 596 g/mol. The van der Waals surface area contributed by atoms with Gasteiger partial charge in [-0.15, -0.1) is 0 Å². The zero-order valence-electron chi connectivity index (χ0n) is 21.4. The van der Waals surface area contributed by atoms with Crippen molar-refractivity contribution in [1.29, 1.82) is 0 Å². The predicted octanol–water partition coefficient (Wildman–Crippen LogP) is 6.73. The van der Waals surface area contributed by atoms with Crippen LogP contribution in [0.2, 0.25) is 0 Å². The fourth-order valence-electron chi connectivity index (χ4n) is 4.33. The van der Waals surface area contributed by atoms with Gasteiger partial charge in [0.15, 0.2) is 28.8 Å². The maximum atomic E-state index is 13.6. The molecule has 0 bridgehead atoms. The topological polar surface area (TPSA) is 72.5 Å². The molecule has 0 unspecified atom stereocenters. The van der Waals surface area contributed by atoms with Gasteiger partial charge in [0.05, 0.1) is 51.6 Å². The lowest BCUT2D eigenvalue weighted by molar-refractivity contribution is -0.113. The fourth-order valence-corrected chi connectivity index (χ4v) is 5.47. The Morgan fingerprint density at radius 1 is 0.667 bits per heavy atom. The lowest BCUT2D eigenvalue weighted by atomic mass is 9.80. The summed E-state index contributed by atoms with van der Waals surface area (Å²) in [7, 11) is 9.34. The standard InChI is InChI=1S/C27H30Br2O7/c1-14-8-17(10-15-12-19(31-2)24(33-4)26(35-6)21(15)28)23(30)18(9-14)11-16-13-20(32-3)25(34-5)27(36-7)22(16)29/h10-14H,8-9H2,1-7H3/b17-10+,18-11+. The monoisotopic (exact) mass is 624 g/mol. The van der Waals surface area contributed by atoms with Crippen molar-refractivity contribution in [2.24, 2.45) is 5.92 Å². The minimum absolute atomic E-state index is 0.0191. The Bertz CT molecular complexity index is 1130. The first-order valence-corrected chi connectivity index (χ1v) is 12.8. The minimum atomic E-state index is -0.0191. The highest BCUT2D eigenvalue weighted by atomic mass is 79.9. The second-order valence-electron chi connectivity index (χ2n) is 8.28. The molecule has 1 aliphatic rings. The molecule has 0 spiro atoms. The van der Waals surface area contributed by atoms with Crippen LogP contribution in [0.5, 0.6) is 34.5 Å². The summed E-state index contributed by atoms with van der Waals surface area (Å²) in [6.45, 7) is 2.13. The van der Waals surface area contributed by atoms with Crippen molar-refractivity contribution in [2.75, 3.05) is 42.7 Å². The van der Waals surface area contributed by atoms with E-state index in [1.165, 1.54) is 0 Å². The first-order valence-electron chi connectivity index (χ1n) is 11.2. The molecule has 1 fully saturated rings. The molecule has 0 aromatic heterocycles. The Hall–Kier alpha value is -2.65. The summed E-state index contributed by atoms with van der Waals surface area (Å²) in [6, 6.07) is 3.65. The number of hydrogen-bond donors (Lipinski definition) is 0. The zero-order chi connectivity index (χ0) is 26.6. The summed E-state index contributed by atoms with van der Waals surface area (Å²) in [5.41, 5.74) is 2.91. The molecule has 1 saturated carbocycles. The Kier molecular flexibility index (Phi) is 9.35. The van der Waals surface area contributed by atoms with Crippen LogP contribution in [0.3, 0.4) is 0 Å². The van der Waals surface area contributed by atoms with Crippen LogP contribution in [0, 0.1) is 5.92 Å². The highest BCUT2D eigenvalue weighted by Crippen LogP contribution is 2.47. The number of halogens is 2. The van der Waals surface area contributed by atoms with Gasteiger partial charge in [-0.1, -0.05) is 6.92 Å². The van der Waals surface area contributed by atoms with Gasteiger partial charge >= 0.3 is 0 Å². The Balaban J connectivity index is 2.12. The van der Waals surface area contributed by atoms with Gasteiger partial charge in [0, 0.05) is 11.1 Å². The van der Waals surface area contributed by atoms with Crippen molar-refractivity contribution in [2.45, 2.75) is 19.8 Å². The molecule has 0 saturated heterocycles. The average molecular weight is 626 g/mol. The molecular formula is C27H30Br2O7. The molecule has 1 aliphatic carbocycles. The van der Waals surface area contributed by atoms with Gasteiger partial charge in [0.1, 0.15) is 0 Å². The molecule has 3 rings (SSSR count). The van der Waals surface area contributed by atoms with Crippen LogP contribution >= 0.6 is 31.9 Å². The van der Waals surface area contributed by atoms with E-state index in [2.05, 4.69) is 38.8 Å². The predicted molar refractivity (Wildman–Crippen MR) is 147 cm³/mol. The maximum Gasteiger partial charge on any atom is 0.204 e. The summed E-state index contributed by atoms with van der Waals surface area (Å²) < 4.78 is 34.4. The molecule has 2 aromatic rings. The number of hydrogen-bond acceptors (Lipinski definition) is 7. The van der Waals surface area contributed by atoms with Gasteiger partial charge < -0.3 is 28.4 Å². The van der Waals surface area contributed by atoms with Gasteiger partial charge in [0.2, 0.25) is 11.5 Å². The number of allylic oxidation sites excluding steroid dienone is 2. The van der Waals surface area contributed by atoms with E-state index in [1.54, 1.807) is 42.7 Å². The SMILES string of the molecule is COc1cc(/C=C2\CC(C)C/C(=C\c3cc(OC)c(OC)c(OC)c3Br)C2=O)c(Br)c(OC)c1OC. The lowest BCUT2D eigenvalue weighted by Gasteiger charge is -2.24. The van der Waals surface area contributed by atoms with Crippen LogP contribution in [0.15, 0.2) is 32.2 Å². The largest absolute Gasteiger partial charge is 0.493 e. The molecule has 0 radical (unpaired) electrons. The maximum absolute atomic E-state index is 13.6. The van der Waals surface area contributed by atoms with Gasteiger partial charge in [-0.05, 0) is 86.0 Å². The number of Topliss-reactive ketones (excluding diaryl/α,β-unsaturated/α-hetero) is 1. The molecule has 36 heavy (non-hydrogen) atoms. The zero-order valence-corrected chi connectivity index (χ0v) is 24.6. The molecule has 9 heteroatoms. The first-order chi connectivity index (χ1) is 17.2. The van der Waals surface area contributed by atoms with Crippen molar-refractivity contribution in [3.8, 4) is 34.5 Å². The number of carbonyl (C=O) groups is 1. The Labute approximate surface area is 228 Å². The summed E-state index contributed by atoms with van der Waals surface area (Å²) in [5, 5.41) is 0. The normalized spacial score (nSPS) is 17.8. The number of carbonyl (C=O) groups excluding carboxylic acids is 1. The molecule has 0 amide bonds. The summed E-state index contributed by atoms with van der Waals surface area (Å²) >= 11 is 7.21. The third kappa shape index (κ3) is 5.37. The van der Waals surface area contributed by atoms with E-state index < -0.39 is 0 Å². The minimum Gasteiger partial charge on any atom is -0.493 e. The number of benzene rings is 2. The molecule has 0 heterocycles. The van der Waals surface area contributed by atoms with E-state index in [4.69, 9.17) is 28.4 Å². The van der Waals surface area contributed by atoms with Gasteiger partial charge in [-0.25, -0.2) is 0 Å². The smallest absolute Gasteiger partial charge is 0.204 e. The van der Waals surface area contributed by atoms with Crippen LogP contribution in [0.25, 0.3) is 12.2 Å². The van der Waals surface area contributed by atoms with E-state index in [1.807, 2.05) is 24.3 Å². The van der Waals surface area contributed by atoms with E-state index in [0.29, 0.717) is 67.4 Å². The number of ketones is 1. The molecule has 194 valence electrons.